The number of rotatable bonds is 8. The topological polar surface area (TPSA) is 26.7 Å². The summed E-state index contributed by atoms with van der Waals surface area (Å²) in [6, 6.07) is 30.6. The average Bonchev–Trinajstić information content (AvgIpc) is 2.86. The van der Waals surface area contributed by atoms with Crippen molar-refractivity contribution in [2.45, 2.75) is 51.2 Å². The summed E-state index contributed by atoms with van der Waals surface area (Å²) in [5.74, 6) is 0. The molecule has 1 atom stereocenters. The lowest BCUT2D eigenvalue weighted by Crippen LogP contribution is -2.48. The number of benzene rings is 3. The van der Waals surface area contributed by atoms with Gasteiger partial charge >= 0.3 is 0 Å². The first-order valence-corrected chi connectivity index (χ1v) is 12.8. The highest BCUT2D eigenvalue weighted by molar-refractivity contribution is 5.32. The van der Waals surface area contributed by atoms with Crippen molar-refractivity contribution in [3.63, 3.8) is 0 Å². The Morgan fingerprint density at radius 1 is 0.706 bits per heavy atom. The van der Waals surface area contributed by atoms with Crippen LogP contribution >= 0.6 is 0 Å². The predicted molar refractivity (Wildman–Crippen MR) is 142 cm³/mol. The molecule has 1 aliphatic rings. The minimum atomic E-state index is -0.379. The summed E-state index contributed by atoms with van der Waals surface area (Å²) >= 11 is 0. The quantitative estimate of drug-likeness (QED) is 0.437. The van der Waals surface area contributed by atoms with Gasteiger partial charge in [-0.05, 0) is 47.1 Å². The zero-order valence-electron chi connectivity index (χ0n) is 21.0. The second-order valence-electron chi connectivity index (χ2n) is 10.6. The number of aliphatic hydroxyl groups is 1. The van der Waals surface area contributed by atoms with Crippen molar-refractivity contribution in [1.29, 1.82) is 0 Å². The zero-order chi connectivity index (χ0) is 24.0. The maximum absolute atomic E-state index is 10.7. The Labute approximate surface area is 206 Å². The monoisotopic (exact) mass is 456 g/mol. The van der Waals surface area contributed by atoms with Gasteiger partial charge in [0.2, 0.25) is 0 Å². The van der Waals surface area contributed by atoms with E-state index in [9.17, 15) is 5.11 Å². The molecule has 0 spiro atoms. The molecule has 1 saturated heterocycles. The molecule has 0 saturated carbocycles. The molecule has 0 amide bonds. The van der Waals surface area contributed by atoms with Gasteiger partial charge in [-0.1, -0.05) is 106 Å². The summed E-state index contributed by atoms with van der Waals surface area (Å²) in [4.78, 5) is 5.17. The first kappa shape index (κ1) is 24.7. The van der Waals surface area contributed by atoms with E-state index in [1.54, 1.807) is 0 Å². The summed E-state index contributed by atoms with van der Waals surface area (Å²) in [6.07, 6.45) is 1.45. The third-order valence-corrected chi connectivity index (χ3v) is 7.12. The van der Waals surface area contributed by atoms with Gasteiger partial charge in [-0.3, -0.25) is 4.90 Å². The van der Waals surface area contributed by atoms with Crippen LogP contribution in [0.5, 0.6) is 0 Å². The van der Waals surface area contributed by atoms with E-state index in [4.69, 9.17) is 0 Å². The number of nitrogens with zero attached hydrogens (tertiary/aromatic N) is 2. The molecule has 3 nitrogen and oxygen atoms in total. The maximum Gasteiger partial charge on any atom is 0.0790 e. The maximum atomic E-state index is 10.7. The van der Waals surface area contributed by atoms with Crippen LogP contribution in [-0.2, 0) is 5.41 Å². The Balaban J connectivity index is 1.28. The lowest BCUT2D eigenvalue weighted by atomic mass is 9.86. The van der Waals surface area contributed by atoms with Crippen LogP contribution in [0.3, 0.4) is 0 Å². The first-order valence-electron chi connectivity index (χ1n) is 12.8. The molecule has 3 aromatic rings. The minimum Gasteiger partial charge on any atom is -0.388 e. The molecule has 0 aromatic heterocycles. The van der Waals surface area contributed by atoms with Gasteiger partial charge in [0.15, 0.2) is 0 Å². The molecule has 0 aliphatic carbocycles. The van der Waals surface area contributed by atoms with E-state index in [-0.39, 0.29) is 11.5 Å². The molecule has 3 aromatic carbocycles. The van der Waals surface area contributed by atoms with Crippen molar-refractivity contribution >= 4 is 0 Å². The van der Waals surface area contributed by atoms with Gasteiger partial charge < -0.3 is 10.0 Å². The molecule has 0 radical (unpaired) electrons. The molecule has 180 valence electrons. The number of hydrogen-bond donors (Lipinski definition) is 1. The van der Waals surface area contributed by atoms with Crippen molar-refractivity contribution in [3.05, 3.63) is 107 Å². The molecule has 3 heteroatoms. The Kier molecular flexibility index (Phi) is 8.20. The predicted octanol–water partition coefficient (Wildman–Crippen LogP) is 6.20. The molecule has 1 N–H and O–H groups in total. The van der Waals surface area contributed by atoms with Gasteiger partial charge in [-0.15, -0.1) is 0 Å². The van der Waals surface area contributed by atoms with Crippen molar-refractivity contribution in [3.8, 4) is 0 Å². The Bertz CT molecular complexity index is 948. The molecule has 1 aliphatic heterocycles. The largest absolute Gasteiger partial charge is 0.388 e. The Morgan fingerprint density at radius 3 is 1.74 bits per heavy atom. The van der Waals surface area contributed by atoms with E-state index in [1.165, 1.54) is 16.7 Å². The van der Waals surface area contributed by atoms with Gasteiger partial charge in [0, 0.05) is 26.2 Å². The van der Waals surface area contributed by atoms with Crippen LogP contribution in [0.15, 0.2) is 84.9 Å². The molecule has 0 unspecified atom stereocenters. The standard InChI is InChI=1S/C31H40N2O/c1-31(2,3)28-18-16-25(17-19-28)29(34)15-10-20-32-21-23-33(24-22-32)30(26-11-6-4-7-12-26)27-13-8-5-9-14-27/h4-9,11-14,16-19,29-30,34H,10,15,20-24H2,1-3H3/t29-/m0/s1. The van der Waals surface area contributed by atoms with Crippen LogP contribution in [0.1, 0.15) is 68.0 Å². The molecular weight excluding hydrogens is 416 g/mol. The Morgan fingerprint density at radius 2 is 1.24 bits per heavy atom. The Hall–Kier alpha value is -2.46. The van der Waals surface area contributed by atoms with Crippen LogP contribution in [0.4, 0.5) is 0 Å². The second-order valence-corrected chi connectivity index (χ2v) is 10.6. The normalized spacial score (nSPS) is 16.6. The fourth-order valence-electron chi connectivity index (χ4n) is 5.01. The van der Waals surface area contributed by atoms with E-state index < -0.39 is 0 Å². The van der Waals surface area contributed by atoms with Gasteiger partial charge in [0.25, 0.3) is 0 Å². The summed E-state index contributed by atoms with van der Waals surface area (Å²) in [7, 11) is 0. The molecule has 34 heavy (non-hydrogen) atoms. The van der Waals surface area contributed by atoms with Gasteiger partial charge in [0.1, 0.15) is 0 Å². The lowest BCUT2D eigenvalue weighted by molar-refractivity contribution is 0.101. The van der Waals surface area contributed by atoms with Gasteiger partial charge in [-0.25, -0.2) is 0 Å². The van der Waals surface area contributed by atoms with Crippen LogP contribution in [0, 0.1) is 0 Å². The van der Waals surface area contributed by atoms with Crippen LogP contribution in [-0.4, -0.2) is 47.6 Å². The average molecular weight is 457 g/mol. The SMILES string of the molecule is CC(C)(C)c1ccc([C@@H](O)CCCN2CCN(C(c3ccccc3)c3ccccc3)CC2)cc1. The summed E-state index contributed by atoms with van der Waals surface area (Å²) in [5.41, 5.74) is 5.22. The fraction of sp³-hybridized carbons (Fsp3) is 0.419. The second kappa shape index (κ2) is 11.3. The molecule has 0 bridgehead atoms. The minimum absolute atomic E-state index is 0.145. The smallest absolute Gasteiger partial charge is 0.0790 e. The number of piperazine rings is 1. The molecule has 1 heterocycles. The highest BCUT2D eigenvalue weighted by Crippen LogP contribution is 2.30. The third kappa shape index (κ3) is 6.35. The van der Waals surface area contributed by atoms with E-state index in [1.807, 2.05) is 0 Å². The fourth-order valence-corrected chi connectivity index (χ4v) is 5.01. The summed E-state index contributed by atoms with van der Waals surface area (Å²) in [5, 5.41) is 10.7. The highest BCUT2D eigenvalue weighted by Gasteiger charge is 2.26. The molecule has 1 fully saturated rings. The number of aliphatic hydroxyl groups excluding tert-OH is 1. The molecular formula is C31H40N2O. The van der Waals surface area contributed by atoms with Crippen LogP contribution in [0.2, 0.25) is 0 Å². The van der Waals surface area contributed by atoms with E-state index in [0.717, 1.165) is 51.1 Å². The van der Waals surface area contributed by atoms with E-state index in [2.05, 4.69) is 116 Å². The van der Waals surface area contributed by atoms with Crippen molar-refractivity contribution in [1.82, 2.24) is 9.80 Å². The van der Waals surface area contributed by atoms with Crippen LogP contribution < -0.4 is 0 Å². The first-order chi connectivity index (χ1) is 16.4. The van der Waals surface area contributed by atoms with Crippen molar-refractivity contribution in [2.75, 3.05) is 32.7 Å². The van der Waals surface area contributed by atoms with Crippen molar-refractivity contribution < 1.29 is 5.11 Å². The summed E-state index contributed by atoms with van der Waals surface area (Å²) < 4.78 is 0. The van der Waals surface area contributed by atoms with Gasteiger partial charge in [-0.2, -0.15) is 0 Å². The third-order valence-electron chi connectivity index (χ3n) is 7.12. The summed E-state index contributed by atoms with van der Waals surface area (Å²) in [6.45, 7) is 12.0. The molecule has 4 rings (SSSR count). The highest BCUT2D eigenvalue weighted by atomic mass is 16.3. The number of hydrogen-bond acceptors (Lipinski definition) is 3. The van der Waals surface area contributed by atoms with Crippen LogP contribution in [0.25, 0.3) is 0 Å². The van der Waals surface area contributed by atoms with E-state index in [0.29, 0.717) is 6.04 Å². The van der Waals surface area contributed by atoms with Gasteiger partial charge in [0.05, 0.1) is 12.1 Å². The zero-order valence-corrected chi connectivity index (χ0v) is 21.0. The van der Waals surface area contributed by atoms with E-state index >= 15 is 0 Å². The van der Waals surface area contributed by atoms with Crippen molar-refractivity contribution in [2.24, 2.45) is 0 Å². The lowest BCUT2D eigenvalue weighted by Gasteiger charge is -2.40.